The quantitative estimate of drug-likeness (QED) is 0.701. The summed E-state index contributed by atoms with van der Waals surface area (Å²) in [6.07, 6.45) is -12.5. The van der Waals surface area contributed by atoms with Crippen LogP contribution in [0.25, 0.3) is 0 Å². The molecule has 2 aromatic carbocycles. The van der Waals surface area contributed by atoms with Crippen LogP contribution < -0.4 is 0 Å². The third-order valence-corrected chi connectivity index (χ3v) is 6.09. The molecule has 0 fully saturated rings. The van der Waals surface area contributed by atoms with Gasteiger partial charge in [-0.25, -0.2) is 8.42 Å². The van der Waals surface area contributed by atoms with Gasteiger partial charge >= 0.3 is 12.4 Å². The third-order valence-electron chi connectivity index (χ3n) is 4.22. The topological polar surface area (TPSA) is 74.6 Å². The van der Waals surface area contributed by atoms with Crippen molar-refractivity contribution in [1.29, 1.82) is 0 Å². The van der Waals surface area contributed by atoms with Gasteiger partial charge in [-0.15, -0.1) is 0 Å². The molecule has 0 heterocycles. The van der Waals surface area contributed by atoms with E-state index < -0.39 is 48.7 Å². The standard InChI is InChI=1S/C18H16F6O4S/c1-15(2,25)11-7-3-5-9-13(11)29(27,28)14-10-6-4-8-12(14)16(26,17(19,20)21)18(22,23)24/h3-10,25-26H,1-2H3. The number of halogens is 6. The Kier molecular flexibility index (Phi) is 5.59. The highest BCUT2D eigenvalue weighted by Gasteiger charge is 2.72. The van der Waals surface area contributed by atoms with E-state index in [2.05, 4.69) is 0 Å². The van der Waals surface area contributed by atoms with Crippen molar-refractivity contribution in [2.24, 2.45) is 0 Å². The van der Waals surface area contributed by atoms with Crippen molar-refractivity contribution in [1.82, 2.24) is 0 Å². The van der Waals surface area contributed by atoms with Crippen molar-refractivity contribution < 1.29 is 45.0 Å². The minimum atomic E-state index is -6.26. The Morgan fingerprint density at radius 3 is 1.41 bits per heavy atom. The molecule has 11 heteroatoms. The summed E-state index contributed by atoms with van der Waals surface area (Å²) in [4.78, 5) is -2.07. The molecular weight excluding hydrogens is 426 g/mol. The summed E-state index contributed by atoms with van der Waals surface area (Å²) in [7, 11) is -5.01. The molecule has 0 atom stereocenters. The van der Waals surface area contributed by atoms with Crippen LogP contribution in [0.1, 0.15) is 25.0 Å². The van der Waals surface area contributed by atoms with Crippen molar-refractivity contribution in [3.8, 4) is 0 Å². The van der Waals surface area contributed by atoms with E-state index in [1.165, 1.54) is 32.0 Å². The maximum atomic E-state index is 13.3. The van der Waals surface area contributed by atoms with Crippen LogP contribution in [0, 0.1) is 0 Å². The number of benzene rings is 2. The maximum absolute atomic E-state index is 13.3. The lowest BCUT2D eigenvalue weighted by molar-refractivity contribution is -0.377. The second kappa shape index (κ2) is 6.99. The molecule has 2 N–H and O–H groups in total. The second-order valence-electron chi connectivity index (χ2n) is 6.76. The molecule has 0 spiro atoms. The van der Waals surface area contributed by atoms with Gasteiger partial charge in [-0.05, 0) is 26.0 Å². The van der Waals surface area contributed by atoms with Gasteiger partial charge in [-0.3, -0.25) is 0 Å². The fourth-order valence-electron chi connectivity index (χ4n) is 2.79. The molecule has 160 valence electrons. The number of rotatable bonds is 4. The van der Waals surface area contributed by atoms with Gasteiger partial charge in [0, 0.05) is 11.1 Å². The molecule has 29 heavy (non-hydrogen) atoms. The lowest BCUT2D eigenvalue weighted by atomic mass is 9.92. The average Bonchev–Trinajstić information content (AvgIpc) is 2.58. The number of hydrogen-bond donors (Lipinski definition) is 2. The Morgan fingerprint density at radius 1 is 0.690 bits per heavy atom. The predicted octanol–water partition coefficient (Wildman–Crippen LogP) is 4.06. The number of aliphatic hydroxyl groups is 2. The summed E-state index contributed by atoms with van der Waals surface area (Å²) in [5.41, 5.74) is -9.32. The Labute approximate surface area is 162 Å². The van der Waals surface area contributed by atoms with Crippen molar-refractivity contribution in [2.45, 2.75) is 47.2 Å². The first-order valence-electron chi connectivity index (χ1n) is 7.98. The Bertz CT molecular complexity index is 990. The molecule has 0 saturated carbocycles. The molecule has 0 saturated heterocycles. The van der Waals surface area contributed by atoms with Crippen molar-refractivity contribution in [3.05, 3.63) is 59.7 Å². The third kappa shape index (κ3) is 3.86. The van der Waals surface area contributed by atoms with Crippen molar-refractivity contribution >= 4 is 9.84 Å². The average molecular weight is 442 g/mol. The number of sulfone groups is 1. The number of alkyl halides is 6. The first-order chi connectivity index (χ1) is 13.0. The van der Waals surface area contributed by atoms with Crippen LogP contribution in [-0.2, 0) is 21.0 Å². The summed E-state index contributed by atoms with van der Waals surface area (Å²) in [6.45, 7) is 2.41. The van der Waals surface area contributed by atoms with Gasteiger partial charge in [0.2, 0.25) is 9.84 Å². The molecule has 0 aliphatic heterocycles. The summed E-state index contributed by atoms with van der Waals surface area (Å²) >= 11 is 0. The minimum Gasteiger partial charge on any atom is -0.386 e. The largest absolute Gasteiger partial charge is 0.430 e. The molecule has 2 rings (SSSR count). The smallest absolute Gasteiger partial charge is 0.386 e. The highest BCUT2D eigenvalue weighted by molar-refractivity contribution is 7.91. The van der Waals surface area contributed by atoms with Crippen LogP contribution in [0.3, 0.4) is 0 Å². The SMILES string of the molecule is CC(C)(O)c1ccccc1S(=O)(=O)c1ccccc1C(O)(C(F)(F)F)C(F)(F)F. The first-order valence-corrected chi connectivity index (χ1v) is 9.46. The lowest BCUT2D eigenvalue weighted by Crippen LogP contribution is -2.54. The second-order valence-corrected chi connectivity index (χ2v) is 8.65. The molecule has 0 aromatic heterocycles. The van der Waals surface area contributed by atoms with E-state index in [0.717, 1.165) is 18.2 Å². The zero-order valence-electron chi connectivity index (χ0n) is 15.0. The van der Waals surface area contributed by atoms with Crippen molar-refractivity contribution in [3.63, 3.8) is 0 Å². The first kappa shape index (κ1) is 23.2. The van der Waals surface area contributed by atoms with Gasteiger partial charge in [0.15, 0.2) is 0 Å². The van der Waals surface area contributed by atoms with E-state index in [4.69, 9.17) is 0 Å². The molecule has 2 aromatic rings. The zero-order valence-corrected chi connectivity index (χ0v) is 15.8. The van der Waals surface area contributed by atoms with Gasteiger partial charge in [-0.2, -0.15) is 26.3 Å². The van der Waals surface area contributed by atoms with Gasteiger partial charge in [-0.1, -0.05) is 36.4 Å². The Hall–Kier alpha value is -2.11. The molecule has 0 amide bonds. The molecule has 0 bridgehead atoms. The van der Waals surface area contributed by atoms with E-state index in [9.17, 15) is 45.0 Å². The normalized spacial score (nSPS) is 14.1. The van der Waals surface area contributed by atoms with Crippen LogP contribution in [0.4, 0.5) is 26.3 Å². The van der Waals surface area contributed by atoms with E-state index in [-0.39, 0.29) is 11.6 Å². The fourth-order valence-corrected chi connectivity index (χ4v) is 4.66. The lowest BCUT2D eigenvalue weighted by Gasteiger charge is -2.34. The molecule has 4 nitrogen and oxygen atoms in total. The van der Waals surface area contributed by atoms with Crippen LogP contribution in [-0.4, -0.2) is 31.0 Å². The summed E-state index contributed by atoms with van der Waals surface area (Å²) < 4.78 is 106. The van der Waals surface area contributed by atoms with E-state index in [0.29, 0.717) is 6.07 Å². The number of hydrogen-bond acceptors (Lipinski definition) is 4. The van der Waals surface area contributed by atoms with Gasteiger partial charge in [0.25, 0.3) is 5.60 Å². The maximum Gasteiger partial charge on any atom is 0.430 e. The van der Waals surface area contributed by atoms with E-state index in [1.807, 2.05) is 0 Å². The highest BCUT2D eigenvalue weighted by atomic mass is 32.2. The summed E-state index contributed by atoms with van der Waals surface area (Å²) in [5.74, 6) is 0. The Balaban J connectivity index is 2.91. The zero-order chi connectivity index (χ0) is 22.5. The molecule has 0 aliphatic carbocycles. The monoisotopic (exact) mass is 442 g/mol. The highest BCUT2D eigenvalue weighted by Crippen LogP contribution is 2.52. The van der Waals surface area contributed by atoms with Crippen LogP contribution in [0.2, 0.25) is 0 Å². The molecule has 0 unspecified atom stereocenters. The molecule has 0 radical (unpaired) electrons. The summed E-state index contributed by atoms with van der Waals surface area (Å²) in [6, 6.07) is 7.13. The van der Waals surface area contributed by atoms with E-state index in [1.54, 1.807) is 0 Å². The van der Waals surface area contributed by atoms with Gasteiger partial charge < -0.3 is 10.2 Å². The summed E-state index contributed by atoms with van der Waals surface area (Å²) in [5, 5.41) is 19.9. The van der Waals surface area contributed by atoms with Crippen LogP contribution >= 0.6 is 0 Å². The Morgan fingerprint density at radius 2 is 1.03 bits per heavy atom. The van der Waals surface area contributed by atoms with Crippen LogP contribution in [0.15, 0.2) is 58.3 Å². The van der Waals surface area contributed by atoms with E-state index >= 15 is 0 Å². The van der Waals surface area contributed by atoms with Gasteiger partial charge in [0.1, 0.15) is 0 Å². The van der Waals surface area contributed by atoms with Gasteiger partial charge in [0.05, 0.1) is 15.4 Å². The molecular formula is C18H16F6O4S. The fraction of sp³-hybridized carbons (Fsp3) is 0.333. The minimum absolute atomic E-state index is 0.239. The van der Waals surface area contributed by atoms with Crippen molar-refractivity contribution in [2.75, 3.05) is 0 Å². The predicted molar refractivity (Wildman–Crippen MR) is 89.6 cm³/mol. The van der Waals surface area contributed by atoms with Crippen LogP contribution in [0.5, 0.6) is 0 Å². The molecule has 0 aliphatic rings.